The second-order valence-corrected chi connectivity index (χ2v) is 12.5. The van der Waals surface area contributed by atoms with Crippen LogP contribution in [0.3, 0.4) is 0 Å². The Kier molecular flexibility index (Phi) is 7.62. The van der Waals surface area contributed by atoms with E-state index in [1.165, 1.54) is 6.92 Å². The van der Waals surface area contributed by atoms with Crippen LogP contribution in [0.25, 0.3) is 5.69 Å². The van der Waals surface area contributed by atoms with Crippen molar-refractivity contribution >= 4 is 18.2 Å². The third-order valence-electron chi connectivity index (χ3n) is 8.01. The Morgan fingerprint density at radius 1 is 0.977 bits per heavy atom. The Balaban J connectivity index is 1.35. The fraction of sp³-hybridized carbons (Fsp3) is 0.455. The molecule has 3 aromatic rings. The second kappa shape index (κ2) is 11.4. The first-order valence-corrected chi connectivity index (χ1v) is 15.0. The summed E-state index contributed by atoms with van der Waals surface area (Å²) in [7, 11) is 0. The van der Waals surface area contributed by atoms with Crippen LogP contribution in [0, 0.1) is 0 Å². The number of ether oxygens (including phenoxy) is 3. The lowest BCUT2D eigenvalue weighted by molar-refractivity contribution is -0.131. The number of aromatic nitrogens is 2. The van der Waals surface area contributed by atoms with E-state index in [1.54, 1.807) is 9.80 Å². The standard InChI is InChI=1S/C33H38N4O6/c1-21(38)42-29-18-24(23-10-11-23)12-13-26(29)37-27-15-17-36(32(40)43-33(2,3)4)28-19-35(16-14-25(34-37)30(27)28)31(39)41-20-22-8-6-5-7-9-22/h5-9,12-13,18,23,28H,10-11,14-17,19-20H2,1-4H3/t28-/m0/s1. The zero-order valence-corrected chi connectivity index (χ0v) is 25.2. The molecule has 0 bridgehead atoms. The Labute approximate surface area is 251 Å². The summed E-state index contributed by atoms with van der Waals surface area (Å²) in [5, 5.41) is 5.02. The number of carbonyl (C=O) groups is 3. The van der Waals surface area contributed by atoms with Crippen molar-refractivity contribution in [3.05, 3.63) is 76.6 Å². The molecule has 3 aliphatic rings. The topological polar surface area (TPSA) is 103 Å². The van der Waals surface area contributed by atoms with Gasteiger partial charge in [-0.2, -0.15) is 5.10 Å². The van der Waals surface area contributed by atoms with E-state index in [0.29, 0.717) is 43.3 Å². The molecular weight excluding hydrogens is 548 g/mol. The van der Waals surface area contributed by atoms with Gasteiger partial charge in [-0.1, -0.05) is 36.4 Å². The van der Waals surface area contributed by atoms with Crippen LogP contribution in [0.4, 0.5) is 9.59 Å². The van der Waals surface area contributed by atoms with E-state index in [4.69, 9.17) is 19.3 Å². The molecule has 2 aliphatic heterocycles. The quantitative estimate of drug-likeness (QED) is 0.279. The van der Waals surface area contributed by atoms with Crippen molar-refractivity contribution in [2.75, 3.05) is 19.6 Å². The first-order chi connectivity index (χ1) is 20.6. The molecule has 43 heavy (non-hydrogen) atoms. The van der Waals surface area contributed by atoms with Gasteiger partial charge in [0.1, 0.15) is 17.9 Å². The number of nitrogens with zero attached hydrogens (tertiary/aromatic N) is 4. The Hall–Kier alpha value is -4.34. The van der Waals surface area contributed by atoms with Crippen molar-refractivity contribution in [2.24, 2.45) is 0 Å². The van der Waals surface area contributed by atoms with Crippen LogP contribution in [0.2, 0.25) is 0 Å². The largest absolute Gasteiger partial charge is 0.445 e. The average molecular weight is 587 g/mol. The Morgan fingerprint density at radius 3 is 2.44 bits per heavy atom. The highest BCUT2D eigenvalue weighted by Gasteiger charge is 2.42. The third-order valence-corrected chi connectivity index (χ3v) is 8.01. The predicted molar refractivity (Wildman–Crippen MR) is 158 cm³/mol. The number of hydrogen-bond acceptors (Lipinski definition) is 7. The van der Waals surface area contributed by atoms with Crippen LogP contribution < -0.4 is 4.74 Å². The number of hydrogen-bond donors (Lipinski definition) is 0. The van der Waals surface area contributed by atoms with E-state index in [1.807, 2.05) is 67.9 Å². The van der Waals surface area contributed by atoms with E-state index in [0.717, 1.165) is 40.9 Å². The first-order valence-electron chi connectivity index (χ1n) is 15.0. The van der Waals surface area contributed by atoms with E-state index < -0.39 is 29.8 Å². The van der Waals surface area contributed by atoms with Crippen molar-refractivity contribution in [3.8, 4) is 11.4 Å². The minimum atomic E-state index is -0.675. The maximum atomic E-state index is 13.5. The molecule has 10 nitrogen and oxygen atoms in total. The highest BCUT2D eigenvalue weighted by Crippen LogP contribution is 2.43. The van der Waals surface area contributed by atoms with Crippen molar-refractivity contribution in [3.63, 3.8) is 0 Å². The number of amides is 2. The summed E-state index contributed by atoms with van der Waals surface area (Å²) in [5.74, 6) is 0.577. The average Bonchev–Trinajstić information content (AvgIpc) is 3.77. The lowest BCUT2D eigenvalue weighted by Crippen LogP contribution is -2.47. The van der Waals surface area contributed by atoms with Gasteiger partial charge < -0.3 is 19.1 Å². The van der Waals surface area contributed by atoms with Crippen LogP contribution in [0.5, 0.6) is 5.75 Å². The summed E-state index contributed by atoms with van der Waals surface area (Å²) in [5.41, 5.74) is 4.71. The van der Waals surface area contributed by atoms with Gasteiger partial charge in [-0.05, 0) is 62.8 Å². The number of carbonyl (C=O) groups excluding carboxylic acids is 3. The van der Waals surface area contributed by atoms with E-state index in [9.17, 15) is 14.4 Å². The summed E-state index contributed by atoms with van der Waals surface area (Å²) < 4.78 is 19.0. The number of benzene rings is 2. The van der Waals surface area contributed by atoms with Gasteiger partial charge in [-0.3, -0.25) is 9.69 Å². The van der Waals surface area contributed by atoms with Gasteiger partial charge in [0.2, 0.25) is 0 Å². The van der Waals surface area contributed by atoms with Crippen LogP contribution in [0.15, 0.2) is 48.5 Å². The zero-order valence-electron chi connectivity index (χ0n) is 25.2. The lowest BCUT2D eigenvalue weighted by atomic mass is 9.96. The highest BCUT2D eigenvalue weighted by atomic mass is 16.6. The van der Waals surface area contributed by atoms with E-state index in [2.05, 4.69) is 6.07 Å². The van der Waals surface area contributed by atoms with Crippen molar-refractivity contribution in [1.29, 1.82) is 0 Å². The minimum absolute atomic E-state index is 0.162. The first kappa shape index (κ1) is 28.8. The van der Waals surface area contributed by atoms with E-state index >= 15 is 0 Å². The number of rotatable bonds is 5. The predicted octanol–water partition coefficient (Wildman–Crippen LogP) is 5.70. The summed E-state index contributed by atoms with van der Waals surface area (Å²) in [4.78, 5) is 42.2. The number of esters is 1. The monoisotopic (exact) mass is 586 g/mol. The molecule has 0 unspecified atom stereocenters. The summed E-state index contributed by atoms with van der Waals surface area (Å²) in [6.07, 6.45) is 2.40. The van der Waals surface area contributed by atoms with Gasteiger partial charge >= 0.3 is 18.2 Å². The molecule has 3 heterocycles. The molecule has 1 atom stereocenters. The van der Waals surface area contributed by atoms with Gasteiger partial charge in [0.15, 0.2) is 5.75 Å². The summed E-state index contributed by atoms with van der Waals surface area (Å²) in [6, 6.07) is 15.1. The molecule has 0 saturated heterocycles. The molecule has 0 spiro atoms. The van der Waals surface area contributed by atoms with Gasteiger partial charge in [0.25, 0.3) is 0 Å². The molecule has 2 amide bonds. The third kappa shape index (κ3) is 6.23. The van der Waals surface area contributed by atoms with Gasteiger partial charge in [-0.25, -0.2) is 14.3 Å². The summed E-state index contributed by atoms with van der Waals surface area (Å²) >= 11 is 0. The Bertz CT molecular complexity index is 1540. The highest BCUT2D eigenvalue weighted by molar-refractivity contribution is 5.73. The normalized spacial score (nSPS) is 18.0. The molecule has 1 fully saturated rings. The minimum Gasteiger partial charge on any atom is -0.445 e. The van der Waals surface area contributed by atoms with Crippen LogP contribution in [-0.4, -0.2) is 63.0 Å². The fourth-order valence-corrected chi connectivity index (χ4v) is 5.92. The zero-order chi connectivity index (χ0) is 30.3. The fourth-order valence-electron chi connectivity index (χ4n) is 5.92. The molecule has 1 aliphatic carbocycles. The smallest absolute Gasteiger partial charge is 0.410 e. The van der Waals surface area contributed by atoms with Gasteiger partial charge in [0, 0.05) is 45.0 Å². The lowest BCUT2D eigenvalue weighted by Gasteiger charge is -2.38. The molecule has 10 heteroatoms. The molecule has 0 N–H and O–H groups in total. The van der Waals surface area contributed by atoms with Gasteiger partial charge in [0.05, 0.1) is 17.4 Å². The second-order valence-electron chi connectivity index (χ2n) is 12.5. The molecule has 226 valence electrons. The van der Waals surface area contributed by atoms with Crippen molar-refractivity contribution < 1.29 is 28.6 Å². The van der Waals surface area contributed by atoms with E-state index in [-0.39, 0.29) is 13.2 Å². The van der Waals surface area contributed by atoms with Crippen LogP contribution in [0.1, 0.15) is 80.6 Å². The van der Waals surface area contributed by atoms with Gasteiger partial charge in [-0.15, -0.1) is 0 Å². The molecule has 1 aromatic heterocycles. The van der Waals surface area contributed by atoms with Crippen LogP contribution in [-0.2, 0) is 33.7 Å². The molecule has 0 radical (unpaired) electrons. The molecule has 2 aromatic carbocycles. The van der Waals surface area contributed by atoms with Crippen LogP contribution >= 0.6 is 0 Å². The van der Waals surface area contributed by atoms with Crippen molar-refractivity contribution in [2.45, 2.75) is 77.5 Å². The maximum Gasteiger partial charge on any atom is 0.410 e. The van der Waals surface area contributed by atoms with Crippen molar-refractivity contribution in [1.82, 2.24) is 19.6 Å². The molecular formula is C33H38N4O6. The maximum absolute atomic E-state index is 13.5. The summed E-state index contributed by atoms with van der Waals surface area (Å²) in [6.45, 7) is 8.09. The SMILES string of the molecule is CC(=O)Oc1cc(C2CC2)ccc1-n1nc2c3c1CCN(C(=O)OC(C)(C)C)[C@H]3CN(C(=O)OCc1ccccc1)CC2. The Morgan fingerprint density at radius 2 is 1.74 bits per heavy atom. The molecule has 1 saturated carbocycles. The molecule has 6 rings (SSSR count).